The summed E-state index contributed by atoms with van der Waals surface area (Å²) in [7, 11) is 1.66. The van der Waals surface area contributed by atoms with E-state index in [4.69, 9.17) is 4.74 Å². The number of aromatic nitrogens is 2. The van der Waals surface area contributed by atoms with Crippen molar-refractivity contribution in [1.29, 1.82) is 0 Å². The zero-order valence-electron chi connectivity index (χ0n) is 11.3. The molecule has 0 spiro atoms. The van der Waals surface area contributed by atoms with Gasteiger partial charge in [-0.2, -0.15) is 5.10 Å². The largest absolute Gasteiger partial charge is 0.383 e. The molecule has 2 aromatic rings. The van der Waals surface area contributed by atoms with E-state index in [-0.39, 0.29) is 18.3 Å². The Hall–Kier alpha value is -1.63. The van der Waals surface area contributed by atoms with Gasteiger partial charge in [-0.3, -0.25) is 4.79 Å². The van der Waals surface area contributed by atoms with Gasteiger partial charge in [0.25, 0.3) is 5.91 Å². The monoisotopic (exact) mass is 298 g/mol. The summed E-state index contributed by atoms with van der Waals surface area (Å²) in [5, 5.41) is 10.2. The molecule has 6 nitrogen and oxygen atoms in total. The van der Waals surface area contributed by atoms with Crippen LogP contribution in [0.15, 0.2) is 30.6 Å². The van der Waals surface area contributed by atoms with E-state index < -0.39 is 0 Å². The van der Waals surface area contributed by atoms with Crippen LogP contribution in [0, 0.1) is 0 Å². The minimum Gasteiger partial charge on any atom is -0.383 e. The number of hydrogen-bond donors (Lipinski definition) is 2. The fourth-order valence-electron chi connectivity index (χ4n) is 1.77. The number of fused-ring (bicyclic) bond motifs is 1. The van der Waals surface area contributed by atoms with E-state index in [9.17, 15) is 4.79 Å². The Kier molecular flexibility index (Phi) is 7.00. The zero-order valence-corrected chi connectivity index (χ0v) is 12.2. The Morgan fingerprint density at radius 2 is 2.20 bits per heavy atom. The predicted octanol–water partition coefficient (Wildman–Crippen LogP) is 0.722. The first-order chi connectivity index (χ1) is 9.33. The highest BCUT2D eigenvalue weighted by atomic mass is 35.5. The van der Waals surface area contributed by atoms with Crippen molar-refractivity contribution in [1.82, 2.24) is 20.2 Å². The van der Waals surface area contributed by atoms with E-state index >= 15 is 0 Å². The third-order valence-corrected chi connectivity index (χ3v) is 2.74. The normalized spacial score (nSPS) is 10.2. The molecule has 1 amide bonds. The van der Waals surface area contributed by atoms with Crippen LogP contribution in [0.5, 0.6) is 0 Å². The van der Waals surface area contributed by atoms with Crippen molar-refractivity contribution in [3.63, 3.8) is 0 Å². The Morgan fingerprint density at radius 3 is 3.00 bits per heavy atom. The van der Waals surface area contributed by atoms with Crippen molar-refractivity contribution in [2.24, 2.45) is 0 Å². The van der Waals surface area contributed by atoms with Crippen LogP contribution in [-0.4, -0.2) is 48.9 Å². The number of methoxy groups -OCH3 is 1. The number of pyridine rings is 1. The second kappa shape index (κ2) is 8.52. The molecule has 0 unspecified atom stereocenters. The average Bonchev–Trinajstić information content (AvgIpc) is 2.86. The van der Waals surface area contributed by atoms with Gasteiger partial charge < -0.3 is 15.4 Å². The molecule has 110 valence electrons. The first-order valence-corrected chi connectivity index (χ1v) is 6.23. The lowest BCUT2D eigenvalue weighted by molar-refractivity contribution is 0.0955. The van der Waals surface area contributed by atoms with E-state index in [1.54, 1.807) is 17.8 Å². The Balaban J connectivity index is 0.00000200. The maximum Gasteiger partial charge on any atom is 0.255 e. The molecule has 2 rings (SSSR count). The van der Waals surface area contributed by atoms with E-state index in [0.717, 1.165) is 12.1 Å². The molecule has 0 saturated heterocycles. The predicted molar refractivity (Wildman–Crippen MR) is 79.5 cm³/mol. The summed E-state index contributed by atoms with van der Waals surface area (Å²) in [5.74, 6) is -0.102. The SMILES string of the molecule is COCCNCCNC(=O)c1cnn2ccccc12.Cl. The van der Waals surface area contributed by atoms with E-state index in [1.807, 2.05) is 24.4 Å². The van der Waals surface area contributed by atoms with Crippen molar-refractivity contribution < 1.29 is 9.53 Å². The summed E-state index contributed by atoms with van der Waals surface area (Å²) in [6, 6.07) is 5.64. The number of nitrogens with zero attached hydrogens (tertiary/aromatic N) is 2. The third-order valence-electron chi connectivity index (χ3n) is 2.74. The summed E-state index contributed by atoms with van der Waals surface area (Å²) >= 11 is 0. The molecule has 2 aromatic heterocycles. The third kappa shape index (κ3) is 4.19. The van der Waals surface area contributed by atoms with Crippen molar-refractivity contribution in [2.75, 3.05) is 33.4 Å². The Morgan fingerprint density at radius 1 is 1.35 bits per heavy atom. The van der Waals surface area contributed by atoms with Crippen LogP contribution in [0.2, 0.25) is 0 Å². The lowest BCUT2D eigenvalue weighted by Crippen LogP contribution is -2.33. The van der Waals surface area contributed by atoms with Crippen LogP contribution in [0.25, 0.3) is 5.52 Å². The van der Waals surface area contributed by atoms with Crippen molar-refractivity contribution >= 4 is 23.8 Å². The molecule has 0 fully saturated rings. The maximum atomic E-state index is 12.0. The molecule has 0 saturated carbocycles. The summed E-state index contributed by atoms with van der Waals surface area (Å²) in [5.41, 5.74) is 1.41. The topological polar surface area (TPSA) is 67.7 Å². The van der Waals surface area contributed by atoms with Crippen LogP contribution >= 0.6 is 12.4 Å². The second-order valence-corrected chi connectivity index (χ2v) is 4.09. The second-order valence-electron chi connectivity index (χ2n) is 4.09. The van der Waals surface area contributed by atoms with Crippen LogP contribution in [0.3, 0.4) is 0 Å². The molecule has 0 atom stereocenters. The lowest BCUT2D eigenvalue weighted by atomic mass is 10.2. The van der Waals surface area contributed by atoms with Crippen molar-refractivity contribution in [3.05, 3.63) is 36.2 Å². The molecular weight excluding hydrogens is 280 g/mol. The average molecular weight is 299 g/mol. The fourth-order valence-corrected chi connectivity index (χ4v) is 1.77. The smallest absolute Gasteiger partial charge is 0.255 e. The van der Waals surface area contributed by atoms with Gasteiger partial charge in [0.15, 0.2) is 0 Å². The summed E-state index contributed by atoms with van der Waals surface area (Å²) < 4.78 is 6.60. The zero-order chi connectivity index (χ0) is 13.5. The summed E-state index contributed by atoms with van der Waals surface area (Å²) in [4.78, 5) is 12.0. The van der Waals surface area contributed by atoms with Gasteiger partial charge in [0.2, 0.25) is 0 Å². The molecular formula is C13H19ClN4O2. The molecule has 0 aromatic carbocycles. The van der Waals surface area contributed by atoms with E-state index in [0.29, 0.717) is 25.3 Å². The van der Waals surface area contributed by atoms with Gasteiger partial charge in [0.1, 0.15) is 0 Å². The minimum atomic E-state index is -0.102. The molecule has 0 aliphatic heterocycles. The summed E-state index contributed by atoms with van der Waals surface area (Å²) in [6.45, 7) is 2.74. The number of ether oxygens (including phenoxy) is 1. The molecule has 7 heteroatoms. The minimum absolute atomic E-state index is 0. The summed E-state index contributed by atoms with van der Waals surface area (Å²) in [6.07, 6.45) is 3.40. The standard InChI is InChI=1S/C13H18N4O2.ClH/c1-19-9-7-14-5-6-15-13(18)11-10-16-17-8-3-2-4-12(11)17;/h2-4,8,10,14H,5-7,9H2,1H3,(H,15,18);1H. The van der Waals surface area contributed by atoms with Gasteiger partial charge in [0, 0.05) is 32.9 Å². The highest BCUT2D eigenvalue weighted by Crippen LogP contribution is 2.09. The molecule has 0 radical (unpaired) electrons. The van der Waals surface area contributed by atoms with Crippen LogP contribution < -0.4 is 10.6 Å². The van der Waals surface area contributed by atoms with Crippen LogP contribution in [0.4, 0.5) is 0 Å². The van der Waals surface area contributed by atoms with Crippen molar-refractivity contribution in [2.45, 2.75) is 0 Å². The van der Waals surface area contributed by atoms with Gasteiger partial charge >= 0.3 is 0 Å². The quantitative estimate of drug-likeness (QED) is 0.739. The first kappa shape index (κ1) is 16.4. The fraction of sp³-hybridized carbons (Fsp3) is 0.385. The van der Waals surface area contributed by atoms with Crippen LogP contribution in [0.1, 0.15) is 10.4 Å². The maximum absolute atomic E-state index is 12.0. The Bertz CT molecular complexity index is 544. The Labute approximate surface area is 123 Å². The highest BCUT2D eigenvalue weighted by molar-refractivity contribution is 6.00. The number of nitrogens with one attached hydrogen (secondary N) is 2. The van der Waals surface area contributed by atoms with E-state index in [1.165, 1.54) is 0 Å². The van der Waals surface area contributed by atoms with Gasteiger partial charge in [0.05, 0.1) is 23.9 Å². The number of halogens is 1. The molecule has 0 aliphatic carbocycles. The number of carbonyl (C=O) groups excluding carboxylic acids is 1. The highest BCUT2D eigenvalue weighted by Gasteiger charge is 2.10. The number of hydrogen-bond acceptors (Lipinski definition) is 4. The molecule has 0 bridgehead atoms. The van der Waals surface area contributed by atoms with Gasteiger partial charge in [-0.05, 0) is 12.1 Å². The van der Waals surface area contributed by atoms with Gasteiger partial charge in [-0.25, -0.2) is 4.52 Å². The van der Waals surface area contributed by atoms with Gasteiger partial charge in [-0.1, -0.05) is 6.07 Å². The molecule has 2 heterocycles. The van der Waals surface area contributed by atoms with Crippen molar-refractivity contribution in [3.8, 4) is 0 Å². The molecule has 0 aliphatic rings. The van der Waals surface area contributed by atoms with Gasteiger partial charge in [-0.15, -0.1) is 12.4 Å². The number of amides is 1. The first-order valence-electron chi connectivity index (χ1n) is 6.23. The number of carbonyl (C=O) groups is 1. The molecule has 2 N–H and O–H groups in total. The lowest BCUT2D eigenvalue weighted by Gasteiger charge is -2.05. The number of rotatable bonds is 7. The molecule has 20 heavy (non-hydrogen) atoms. The van der Waals surface area contributed by atoms with Crippen LogP contribution in [-0.2, 0) is 4.74 Å². The van der Waals surface area contributed by atoms with E-state index in [2.05, 4.69) is 15.7 Å².